The summed E-state index contributed by atoms with van der Waals surface area (Å²) in [7, 11) is 0. The largest absolute Gasteiger partial charge is 0.467 e. The summed E-state index contributed by atoms with van der Waals surface area (Å²) in [5.41, 5.74) is 3.07. The highest BCUT2D eigenvalue weighted by molar-refractivity contribution is 6.05. The van der Waals surface area contributed by atoms with Gasteiger partial charge >= 0.3 is 0 Å². The number of nitrogens with zero attached hydrogens (tertiary/aromatic N) is 3. The molecule has 0 bridgehead atoms. The molecule has 1 aliphatic rings. The summed E-state index contributed by atoms with van der Waals surface area (Å²) in [6.07, 6.45) is 3.03. The Morgan fingerprint density at radius 1 is 1.28 bits per heavy atom. The van der Waals surface area contributed by atoms with Crippen LogP contribution in [0.25, 0.3) is 0 Å². The number of anilines is 2. The molecule has 0 saturated carbocycles. The van der Waals surface area contributed by atoms with E-state index in [2.05, 4.69) is 20.7 Å². The van der Waals surface area contributed by atoms with Crippen molar-refractivity contribution in [3.63, 3.8) is 0 Å². The SMILES string of the molecule is CC1=C(C(=O)Nc2cccc(C)c2)C(c2ccco2)n2ncnc2N1. The van der Waals surface area contributed by atoms with Gasteiger partial charge in [-0.15, -0.1) is 0 Å². The fourth-order valence-corrected chi connectivity index (χ4v) is 3.02. The van der Waals surface area contributed by atoms with Crippen LogP contribution in [0.15, 0.2) is 64.7 Å². The minimum atomic E-state index is -0.474. The number of amides is 1. The van der Waals surface area contributed by atoms with Crippen LogP contribution in [-0.4, -0.2) is 20.7 Å². The Bertz CT molecular complexity index is 956. The minimum absolute atomic E-state index is 0.210. The summed E-state index contributed by atoms with van der Waals surface area (Å²) in [6, 6.07) is 10.8. The first-order chi connectivity index (χ1) is 12.1. The van der Waals surface area contributed by atoms with E-state index in [9.17, 15) is 4.79 Å². The number of hydrogen-bond acceptors (Lipinski definition) is 5. The van der Waals surface area contributed by atoms with E-state index < -0.39 is 6.04 Å². The van der Waals surface area contributed by atoms with Crippen LogP contribution in [0, 0.1) is 6.92 Å². The second-order valence-corrected chi connectivity index (χ2v) is 5.93. The van der Waals surface area contributed by atoms with E-state index in [1.807, 2.05) is 44.2 Å². The van der Waals surface area contributed by atoms with Gasteiger partial charge in [0.15, 0.2) is 0 Å². The van der Waals surface area contributed by atoms with E-state index in [0.717, 1.165) is 11.3 Å². The molecule has 1 atom stereocenters. The van der Waals surface area contributed by atoms with Crippen molar-refractivity contribution in [3.05, 3.63) is 71.6 Å². The monoisotopic (exact) mass is 335 g/mol. The summed E-state index contributed by atoms with van der Waals surface area (Å²) >= 11 is 0. The minimum Gasteiger partial charge on any atom is -0.467 e. The van der Waals surface area contributed by atoms with Gasteiger partial charge in [-0.3, -0.25) is 4.79 Å². The van der Waals surface area contributed by atoms with E-state index in [1.165, 1.54) is 6.33 Å². The fraction of sp³-hybridized carbons (Fsp3) is 0.167. The first-order valence-electron chi connectivity index (χ1n) is 7.92. The molecule has 0 saturated heterocycles. The van der Waals surface area contributed by atoms with E-state index in [-0.39, 0.29) is 5.91 Å². The Morgan fingerprint density at radius 2 is 2.16 bits per heavy atom. The second kappa shape index (κ2) is 5.94. The molecule has 2 aromatic heterocycles. The number of aromatic nitrogens is 3. The van der Waals surface area contributed by atoms with Gasteiger partial charge in [0, 0.05) is 11.4 Å². The lowest BCUT2D eigenvalue weighted by Gasteiger charge is -2.27. The molecule has 2 N–H and O–H groups in total. The van der Waals surface area contributed by atoms with Gasteiger partial charge in [0.2, 0.25) is 5.95 Å². The zero-order valence-corrected chi connectivity index (χ0v) is 13.9. The smallest absolute Gasteiger partial charge is 0.256 e. The van der Waals surface area contributed by atoms with Crippen LogP contribution < -0.4 is 10.6 Å². The van der Waals surface area contributed by atoms with Crippen molar-refractivity contribution >= 4 is 17.5 Å². The second-order valence-electron chi connectivity index (χ2n) is 5.93. The molecule has 3 heterocycles. The molecule has 7 nitrogen and oxygen atoms in total. The number of benzene rings is 1. The lowest BCUT2D eigenvalue weighted by atomic mass is 10.00. The number of rotatable bonds is 3. The molecule has 126 valence electrons. The highest BCUT2D eigenvalue weighted by Crippen LogP contribution is 2.35. The predicted octanol–water partition coefficient (Wildman–Crippen LogP) is 3.11. The number of nitrogens with one attached hydrogen (secondary N) is 2. The number of aryl methyl sites for hydroxylation is 1. The number of fused-ring (bicyclic) bond motifs is 1. The average Bonchev–Trinajstić information content (AvgIpc) is 3.24. The third-order valence-corrected chi connectivity index (χ3v) is 4.13. The first kappa shape index (κ1) is 15.2. The zero-order valence-electron chi connectivity index (χ0n) is 13.9. The zero-order chi connectivity index (χ0) is 17.4. The van der Waals surface area contributed by atoms with Crippen LogP contribution in [0.3, 0.4) is 0 Å². The molecular formula is C18H17N5O2. The molecule has 3 aromatic rings. The molecule has 1 aliphatic heterocycles. The highest BCUT2D eigenvalue weighted by Gasteiger charge is 2.35. The van der Waals surface area contributed by atoms with Gasteiger partial charge < -0.3 is 15.1 Å². The van der Waals surface area contributed by atoms with E-state index in [0.29, 0.717) is 23.0 Å². The Hall–Kier alpha value is -3.35. The summed E-state index contributed by atoms with van der Waals surface area (Å²) in [5.74, 6) is 0.992. The third kappa shape index (κ3) is 2.69. The molecule has 7 heteroatoms. The predicted molar refractivity (Wildman–Crippen MR) is 93.0 cm³/mol. The number of allylic oxidation sites excluding steroid dienone is 1. The van der Waals surface area contributed by atoms with Crippen molar-refractivity contribution < 1.29 is 9.21 Å². The molecule has 1 unspecified atom stereocenters. The lowest BCUT2D eigenvalue weighted by Crippen LogP contribution is -2.31. The number of carbonyl (C=O) groups is 1. The average molecular weight is 335 g/mol. The normalized spacial score (nSPS) is 16.3. The Balaban J connectivity index is 1.74. The molecule has 4 rings (SSSR count). The first-order valence-corrected chi connectivity index (χ1v) is 7.92. The Labute approximate surface area is 144 Å². The van der Waals surface area contributed by atoms with Crippen molar-refractivity contribution in [2.75, 3.05) is 10.6 Å². The Kier molecular flexibility index (Phi) is 3.61. The summed E-state index contributed by atoms with van der Waals surface area (Å²) in [5, 5.41) is 10.3. The number of carbonyl (C=O) groups excluding carboxylic acids is 1. The van der Waals surface area contributed by atoms with Gasteiger partial charge in [0.1, 0.15) is 18.1 Å². The summed E-state index contributed by atoms with van der Waals surface area (Å²) in [4.78, 5) is 17.2. The fourth-order valence-electron chi connectivity index (χ4n) is 3.02. The van der Waals surface area contributed by atoms with Gasteiger partial charge in [0.25, 0.3) is 5.91 Å². The molecule has 0 spiro atoms. The standard InChI is InChI=1S/C18H17N5O2/c1-11-5-3-6-13(9-11)22-17(24)15-12(2)21-18-19-10-20-23(18)16(15)14-7-4-8-25-14/h3-10,16H,1-2H3,(H,22,24)(H,19,20,21). The Morgan fingerprint density at radius 3 is 2.92 bits per heavy atom. The van der Waals surface area contributed by atoms with Gasteiger partial charge in [-0.05, 0) is 43.7 Å². The molecule has 0 radical (unpaired) electrons. The van der Waals surface area contributed by atoms with E-state index >= 15 is 0 Å². The van der Waals surface area contributed by atoms with Crippen LogP contribution in [0.1, 0.15) is 24.3 Å². The summed E-state index contributed by atoms with van der Waals surface area (Å²) < 4.78 is 7.22. The molecule has 1 amide bonds. The van der Waals surface area contributed by atoms with Crippen LogP contribution in [0.4, 0.5) is 11.6 Å². The number of hydrogen-bond donors (Lipinski definition) is 2. The van der Waals surface area contributed by atoms with Crippen molar-refractivity contribution in [2.45, 2.75) is 19.9 Å². The van der Waals surface area contributed by atoms with Gasteiger partial charge in [-0.1, -0.05) is 12.1 Å². The topological polar surface area (TPSA) is 85.0 Å². The molecule has 25 heavy (non-hydrogen) atoms. The number of furan rings is 1. The highest BCUT2D eigenvalue weighted by atomic mass is 16.3. The molecular weight excluding hydrogens is 318 g/mol. The maximum atomic E-state index is 13.0. The van der Waals surface area contributed by atoms with Crippen LogP contribution in [0.2, 0.25) is 0 Å². The lowest BCUT2D eigenvalue weighted by molar-refractivity contribution is -0.113. The summed E-state index contributed by atoms with van der Waals surface area (Å²) in [6.45, 7) is 3.83. The van der Waals surface area contributed by atoms with Crippen LogP contribution in [0.5, 0.6) is 0 Å². The van der Waals surface area contributed by atoms with Crippen LogP contribution >= 0.6 is 0 Å². The maximum absolute atomic E-state index is 13.0. The molecule has 1 aromatic carbocycles. The van der Waals surface area contributed by atoms with E-state index in [1.54, 1.807) is 17.0 Å². The van der Waals surface area contributed by atoms with Gasteiger partial charge in [-0.25, -0.2) is 4.68 Å². The van der Waals surface area contributed by atoms with Crippen molar-refractivity contribution in [2.24, 2.45) is 0 Å². The maximum Gasteiger partial charge on any atom is 0.256 e. The van der Waals surface area contributed by atoms with Crippen molar-refractivity contribution in [3.8, 4) is 0 Å². The van der Waals surface area contributed by atoms with Crippen molar-refractivity contribution in [1.82, 2.24) is 14.8 Å². The quantitative estimate of drug-likeness (QED) is 0.768. The molecule has 0 aliphatic carbocycles. The van der Waals surface area contributed by atoms with Gasteiger partial charge in [0.05, 0.1) is 11.8 Å². The van der Waals surface area contributed by atoms with Gasteiger partial charge in [-0.2, -0.15) is 10.1 Å². The van der Waals surface area contributed by atoms with E-state index in [4.69, 9.17) is 4.42 Å². The third-order valence-electron chi connectivity index (χ3n) is 4.13. The van der Waals surface area contributed by atoms with Crippen LogP contribution in [-0.2, 0) is 4.79 Å². The van der Waals surface area contributed by atoms with Crippen molar-refractivity contribution in [1.29, 1.82) is 0 Å². The molecule has 0 fully saturated rings.